The maximum Gasteiger partial charge on any atom is 0.469 e. The molecule has 7 heteroatoms. The van der Waals surface area contributed by atoms with Gasteiger partial charge in [0.25, 0.3) is 0 Å². The standard InChI is InChI=1S/C4H9O6P/c1-3(2-4(5)6)10-11(7,8)9/h3H,2H2,1H3,(H,5,6)(H2,7,8,9). The van der Waals surface area contributed by atoms with Crippen molar-refractivity contribution < 1.29 is 28.8 Å². The SMILES string of the molecule is CC(CC(=O)O)OP(=O)(O)O. The zero-order valence-electron chi connectivity index (χ0n) is 5.80. The molecule has 6 nitrogen and oxygen atoms in total. The molecule has 0 saturated heterocycles. The number of carboxylic acids is 1. The lowest BCUT2D eigenvalue weighted by Crippen LogP contribution is -2.11. The molecular weight excluding hydrogens is 175 g/mol. The molecule has 0 bridgehead atoms. The van der Waals surface area contributed by atoms with Gasteiger partial charge in [0.2, 0.25) is 0 Å². The fourth-order valence-corrected chi connectivity index (χ4v) is 1.06. The van der Waals surface area contributed by atoms with E-state index in [0.717, 1.165) is 0 Å². The molecule has 3 N–H and O–H groups in total. The molecule has 0 fully saturated rings. The number of carboxylic acid groups (broad SMARTS) is 1. The Morgan fingerprint density at radius 3 is 2.36 bits per heavy atom. The van der Waals surface area contributed by atoms with Gasteiger partial charge in [0.05, 0.1) is 12.5 Å². The van der Waals surface area contributed by atoms with Crippen LogP contribution in [0.2, 0.25) is 0 Å². The van der Waals surface area contributed by atoms with E-state index < -0.39 is 26.3 Å². The van der Waals surface area contributed by atoms with Crippen molar-refractivity contribution >= 4 is 13.8 Å². The van der Waals surface area contributed by atoms with Crippen LogP contribution in [0.5, 0.6) is 0 Å². The minimum Gasteiger partial charge on any atom is -0.481 e. The van der Waals surface area contributed by atoms with E-state index in [9.17, 15) is 9.36 Å². The van der Waals surface area contributed by atoms with Crippen LogP contribution in [0.15, 0.2) is 0 Å². The molecule has 1 atom stereocenters. The molecule has 0 rings (SSSR count). The van der Waals surface area contributed by atoms with Gasteiger partial charge in [-0.2, -0.15) is 0 Å². The van der Waals surface area contributed by atoms with Gasteiger partial charge in [0.1, 0.15) is 0 Å². The average molecular weight is 184 g/mol. The molecule has 0 aromatic heterocycles. The van der Waals surface area contributed by atoms with E-state index in [-0.39, 0.29) is 0 Å². The molecule has 0 spiro atoms. The van der Waals surface area contributed by atoms with Crippen molar-refractivity contribution in [2.45, 2.75) is 19.4 Å². The highest BCUT2D eigenvalue weighted by Gasteiger charge is 2.20. The predicted molar refractivity (Wildman–Crippen MR) is 34.8 cm³/mol. The molecule has 0 aliphatic heterocycles. The smallest absolute Gasteiger partial charge is 0.469 e. The molecule has 0 radical (unpaired) electrons. The van der Waals surface area contributed by atoms with E-state index >= 15 is 0 Å². The first kappa shape index (κ1) is 10.6. The van der Waals surface area contributed by atoms with Gasteiger partial charge < -0.3 is 14.9 Å². The molecule has 0 saturated carbocycles. The van der Waals surface area contributed by atoms with Crippen LogP contribution in [0.3, 0.4) is 0 Å². The predicted octanol–water partition coefficient (Wildman–Crippen LogP) is -0.0411. The Hall–Kier alpha value is -0.420. The number of phosphoric ester groups is 1. The summed E-state index contributed by atoms with van der Waals surface area (Å²) in [7, 11) is -4.54. The quantitative estimate of drug-likeness (QED) is 0.529. The first-order valence-electron chi connectivity index (χ1n) is 2.77. The third kappa shape index (κ3) is 7.48. The Kier molecular flexibility index (Phi) is 3.68. The zero-order valence-corrected chi connectivity index (χ0v) is 6.69. The van der Waals surface area contributed by atoms with Gasteiger partial charge in [-0.1, -0.05) is 0 Å². The van der Waals surface area contributed by atoms with Crippen LogP contribution in [-0.4, -0.2) is 27.0 Å². The molecule has 1 unspecified atom stereocenters. The zero-order chi connectivity index (χ0) is 9.07. The lowest BCUT2D eigenvalue weighted by atomic mass is 10.3. The summed E-state index contributed by atoms with van der Waals surface area (Å²) in [6.45, 7) is 1.27. The largest absolute Gasteiger partial charge is 0.481 e. The summed E-state index contributed by atoms with van der Waals surface area (Å²) in [5.74, 6) is -1.16. The summed E-state index contributed by atoms with van der Waals surface area (Å²) in [6.07, 6.45) is -1.40. The van der Waals surface area contributed by atoms with Gasteiger partial charge >= 0.3 is 13.8 Å². The molecule has 0 aliphatic rings. The highest BCUT2D eigenvalue weighted by atomic mass is 31.2. The van der Waals surface area contributed by atoms with Crippen molar-refractivity contribution in [1.29, 1.82) is 0 Å². The number of rotatable bonds is 4. The van der Waals surface area contributed by atoms with Crippen molar-refractivity contribution in [3.8, 4) is 0 Å². The maximum absolute atomic E-state index is 10.1. The van der Waals surface area contributed by atoms with Gasteiger partial charge in [0.15, 0.2) is 0 Å². The van der Waals surface area contributed by atoms with Crippen molar-refractivity contribution in [3.63, 3.8) is 0 Å². The van der Waals surface area contributed by atoms with Crippen LogP contribution in [0.25, 0.3) is 0 Å². The van der Waals surface area contributed by atoms with Crippen molar-refractivity contribution in [3.05, 3.63) is 0 Å². The van der Waals surface area contributed by atoms with Crippen LogP contribution >= 0.6 is 7.82 Å². The first-order valence-corrected chi connectivity index (χ1v) is 4.30. The highest BCUT2D eigenvalue weighted by Crippen LogP contribution is 2.37. The number of hydrogen-bond acceptors (Lipinski definition) is 3. The summed E-state index contributed by atoms with van der Waals surface area (Å²) in [5, 5.41) is 8.15. The lowest BCUT2D eigenvalue weighted by molar-refractivity contribution is -0.138. The van der Waals surface area contributed by atoms with E-state index in [1.54, 1.807) is 0 Å². The Morgan fingerprint density at radius 2 is 2.09 bits per heavy atom. The summed E-state index contributed by atoms with van der Waals surface area (Å²) < 4.78 is 14.1. The van der Waals surface area contributed by atoms with E-state index in [1.165, 1.54) is 6.92 Å². The van der Waals surface area contributed by atoms with Crippen LogP contribution in [0.1, 0.15) is 13.3 Å². The second kappa shape index (κ2) is 3.82. The monoisotopic (exact) mass is 184 g/mol. The fourth-order valence-electron chi connectivity index (χ4n) is 0.518. The van der Waals surface area contributed by atoms with Gasteiger partial charge in [-0.15, -0.1) is 0 Å². The van der Waals surface area contributed by atoms with Crippen LogP contribution in [0, 0.1) is 0 Å². The number of carbonyl (C=O) groups is 1. The molecule has 0 aliphatic carbocycles. The van der Waals surface area contributed by atoms with Gasteiger partial charge in [-0.05, 0) is 6.92 Å². The van der Waals surface area contributed by atoms with Crippen LogP contribution < -0.4 is 0 Å². The maximum atomic E-state index is 10.1. The minimum atomic E-state index is -4.54. The molecule has 0 aromatic carbocycles. The number of hydrogen-bond donors (Lipinski definition) is 3. The van der Waals surface area contributed by atoms with E-state index in [4.69, 9.17) is 14.9 Å². The molecule has 0 heterocycles. The second-order valence-corrected chi connectivity index (χ2v) is 3.20. The Balaban J connectivity index is 3.79. The molecule has 66 valence electrons. The van der Waals surface area contributed by atoms with Gasteiger partial charge in [-0.25, -0.2) is 4.57 Å². The molecule has 11 heavy (non-hydrogen) atoms. The third-order valence-electron chi connectivity index (χ3n) is 0.779. The third-order valence-corrected chi connectivity index (χ3v) is 1.41. The van der Waals surface area contributed by atoms with Crippen LogP contribution in [0.4, 0.5) is 0 Å². The highest BCUT2D eigenvalue weighted by molar-refractivity contribution is 7.46. The summed E-state index contributed by atoms with van der Waals surface area (Å²) in [4.78, 5) is 26.4. The molecular formula is C4H9O6P. The lowest BCUT2D eigenvalue weighted by Gasteiger charge is -2.10. The number of phosphoric acid groups is 1. The van der Waals surface area contributed by atoms with Crippen molar-refractivity contribution in [2.24, 2.45) is 0 Å². The molecule has 0 amide bonds. The normalized spacial score (nSPS) is 14.5. The van der Waals surface area contributed by atoms with Crippen LogP contribution in [-0.2, 0) is 13.9 Å². The van der Waals surface area contributed by atoms with E-state index in [2.05, 4.69) is 4.52 Å². The summed E-state index contributed by atoms with van der Waals surface area (Å²) >= 11 is 0. The van der Waals surface area contributed by atoms with Gasteiger partial charge in [-0.3, -0.25) is 9.32 Å². The summed E-state index contributed by atoms with van der Waals surface area (Å²) in [6, 6.07) is 0. The minimum absolute atomic E-state index is 0.425. The first-order chi connectivity index (χ1) is 4.81. The van der Waals surface area contributed by atoms with Crippen molar-refractivity contribution in [2.75, 3.05) is 0 Å². The Bertz CT molecular complexity index is 183. The average Bonchev–Trinajstić information content (AvgIpc) is 1.53. The topological polar surface area (TPSA) is 104 Å². The summed E-state index contributed by atoms with van der Waals surface area (Å²) in [5.41, 5.74) is 0. The number of aliphatic carboxylic acids is 1. The van der Waals surface area contributed by atoms with E-state index in [1.807, 2.05) is 0 Å². The Labute approximate surface area is 63.0 Å². The van der Waals surface area contributed by atoms with E-state index in [0.29, 0.717) is 0 Å². The second-order valence-electron chi connectivity index (χ2n) is 2.00. The fraction of sp³-hybridized carbons (Fsp3) is 0.750. The van der Waals surface area contributed by atoms with Crippen molar-refractivity contribution in [1.82, 2.24) is 0 Å². The Morgan fingerprint density at radius 1 is 1.64 bits per heavy atom. The molecule has 0 aromatic rings. The van der Waals surface area contributed by atoms with Gasteiger partial charge in [0, 0.05) is 0 Å².